The SMILES string of the molecule is ON(Cl)Sc1cnccc1Cl. The summed E-state index contributed by atoms with van der Waals surface area (Å²) in [5, 5.41) is 9.11. The molecule has 0 radical (unpaired) electrons. The highest BCUT2D eigenvalue weighted by molar-refractivity contribution is 7.97. The van der Waals surface area contributed by atoms with Gasteiger partial charge in [-0.15, -0.1) is 0 Å². The Labute approximate surface area is 78.1 Å². The molecule has 0 aliphatic heterocycles. The van der Waals surface area contributed by atoms with Crippen molar-refractivity contribution in [2.24, 2.45) is 0 Å². The van der Waals surface area contributed by atoms with Crippen molar-refractivity contribution in [1.82, 2.24) is 8.97 Å². The summed E-state index contributed by atoms with van der Waals surface area (Å²) in [5.41, 5.74) is 0. The molecule has 0 saturated heterocycles. The Morgan fingerprint density at radius 1 is 1.64 bits per heavy atom. The molecule has 0 fully saturated rings. The van der Waals surface area contributed by atoms with E-state index in [0.717, 1.165) is 11.9 Å². The van der Waals surface area contributed by atoms with Crippen LogP contribution < -0.4 is 0 Å². The van der Waals surface area contributed by atoms with Gasteiger partial charge < -0.3 is 0 Å². The van der Waals surface area contributed by atoms with Crippen LogP contribution in [0.4, 0.5) is 0 Å². The molecule has 60 valence electrons. The van der Waals surface area contributed by atoms with Crippen molar-refractivity contribution in [3.05, 3.63) is 23.5 Å². The van der Waals surface area contributed by atoms with Crippen molar-refractivity contribution < 1.29 is 5.21 Å². The molecule has 0 atom stereocenters. The van der Waals surface area contributed by atoms with Crippen LogP contribution in [0.1, 0.15) is 0 Å². The smallest absolute Gasteiger partial charge is 0.0635 e. The van der Waals surface area contributed by atoms with Crippen molar-refractivity contribution in [1.29, 1.82) is 0 Å². The molecule has 1 aromatic heterocycles. The van der Waals surface area contributed by atoms with Gasteiger partial charge in [0, 0.05) is 36.1 Å². The van der Waals surface area contributed by atoms with Crippen molar-refractivity contribution >= 4 is 35.3 Å². The number of pyridine rings is 1. The second kappa shape index (κ2) is 4.13. The van der Waals surface area contributed by atoms with Gasteiger partial charge in [-0.05, 0) is 10.1 Å². The number of hydrogen-bond acceptors (Lipinski definition) is 4. The van der Waals surface area contributed by atoms with E-state index in [4.69, 9.17) is 28.6 Å². The Kier molecular flexibility index (Phi) is 3.42. The maximum atomic E-state index is 8.61. The van der Waals surface area contributed by atoms with Crippen molar-refractivity contribution in [2.75, 3.05) is 0 Å². The minimum atomic E-state index is 0.447. The van der Waals surface area contributed by atoms with Crippen LogP contribution in [0.5, 0.6) is 0 Å². The molecule has 0 aromatic carbocycles. The van der Waals surface area contributed by atoms with E-state index < -0.39 is 0 Å². The van der Waals surface area contributed by atoms with Crippen LogP contribution in [0.2, 0.25) is 5.02 Å². The van der Waals surface area contributed by atoms with Crippen molar-refractivity contribution in [3.8, 4) is 0 Å². The first-order chi connectivity index (χ1) is 5.20. The Bertz CT molecular complexity index is 246. The highest BCUT2D eigenvalue weighted by Crippen LogP contribution is 2.28. The Hall–Kier alpha value is -0.000000000000000111. The third-order valence-electron chi connectivity index (χ3n) is 0.908. The normalized spacial score (nSPS) is 10.5. The van der Waals surface area contributed by atoms with Gasteiger partial charge >= 0.3 is 0 Å². The lowest BCUT2D eigenvalue weighted by Gasteiger charge is -2.03. The highest BCUT2D eigenvalue weighted by atomic mass is 35.5. The first kappa shape index (κ1) is 9.09. The van der Waals surface area contributed by atoms with Crippen LogP contribution in [0.3, 0.4) is 0 Å². The zero-order chi connectivity index (χ0) is 8.27. The molecule has 0 aliphatic carbocycles. The first-order valence-corrected chi connectivity index (χ1v) is 4.11. The summed E-state index contributed by atoms with van der Waals surface area (Å²) in [5.74, 6) is 0. The third-order valence-corrected chi connectivity index (χ3v) is 2.23. The molecule has 1 aromatic rings. The van der Waals surface area contributed by atoms with Crippen LogP contribution in [0.15, 0.2) is 23.4 Å². The molecule has 1 rings (SSSR count). The van der Waals surface area contributed by atoms with Crippen LogP contribution in [-0.2, 0) is 0 Å². The fraction of sp³-hybridized carbons (Fsp3) is 0. The lowest BCUT2D eigenvalue weighted by Crippen LogP contribution is -1.92. The molecule has 0 amide bonds. The van der Waals surface area contributed by atoms with Gasteiger partial charge in [0.25, 0.3) is 0 Å². The average Bonchev–Trinajstić information content (AvgIpc) is 1.93. The Morgan fingerprint density at radius 2 is 2.36 bits per heavy atom. The first-order valence-electron chi connectivity index (χ1n) is 2.62. The van der Waals surface area contributed by atoms with E-state index in [1.54, 1.807) is 12.3 Å². The largest absolute Gasteiger partial charge is 0.288 e. The fourth-order valence-electron chi connectivity index (χ4n) is 0.511. The van der Waals surface area contributed by atoms with E-state index in [1.165, 1.54) is 6.20 Å². The summed E-state index contributed by atoms with van der Waals surface area (Å²) in [6.45, 7) is 0. The summed E-state index contributed by atoms with van der Waals surface area (Å²) >= 11 is 11.7. The van der Waals surface area contributed by atoms with E-state index in [-0.39, 0.29) is 0 Å². The van der Waals surface area contributed by atoms with Gasteiger partial charge in [-0.25, -0.2) is 0 Å². The van der Waals surface area contributed by atoms with Gasteiger partial charge in [0.05, 0.1) is 9.92 Å². The average molecular weight is 211 g/mol. The topological polar surface area (TPSA) is 36.4 Å². The number of nitrogens with zero attached hydrogens (tertiary/aromatic N) is 2. The highest BCUT2D eigenvalue weighted by Gasteiger charge is 2.03. The quantitative estimate of drug-likeness (QED) is 0.463. The van der Waals surface area contributed by atoms with Gasteiger partial charge in [0.2, 0.25) is 0 Å². The molecule has 11 heavy (non-hydrogen) atoms. The van der Waals surface area contributed by atoms with E-state index in [0.29, 0.717) is 13.9 Å². The molecular formula is C5H4Cl2N2OS. The molecule has 0 saturated carbocycles. The number of rotatable bonds is 2. The zero-order valence-corrected chi connectivity index (χ0v) is 7.57. The molecule has 6 heteroatoms. The molecule has 0 aliphatic rings. The lowest BCUT2D eigenvalue weighted by atomic mass is 10.5. The minimum absolute atomic E-state index is 0.447. The Balaban J connectivity index is 2.78. The van der Waals surface area contributed by atoms with Crippen LogP contribution in [-0.4, -0.2) is 14.2 Å². The van der Waals surface area contributed by atoms with Gasteiger partial charge in [-0.3, -0.25) is 10.2 Å². The van der Waals surface area contributed by atoms with E-state index in [2.05, 4.69) is 4.98 Å². The third kappa shape index (κ3) is 2.84. The maximum absolute atomic E-state index is 8.61. The summed E-state index contributed by atoms with van der Waals surface area (Å²) in [4.78, 5) is 4.40. The predicted octanol–water partition coefficient (Wildman–Crippen LogP) is 2.59. The molecule has 0 unspecified atom stereocenters. The van der Waals surface area contributed by atoms with E-state index in [9.17, 15) is 0 Å². The summed E-state index contributed by atoms with van der Waals surface area (Å²) in [7, 11) is 0. The minimum Gasteiger partial charge on any atom is -0.288 e. The number of halogens is 2. The van der Waals surface area contributed by atoms with Gasteiger partial charge in [-0.1, -0.05) is 11.6 Å². The molecule has 1 N–H and O–H groups in total. The van der Waals surface area contributed by atoms with Gasteiger partial charge in [0.1, 0.15) is 0 Å². The summed E-state index contributed by atoms with van der Waals surface area (Å²) in [6.07, 6.45) is 3.07. The van der Waals surface area contributed by atoms with Crippen molar-refractivity contribution in [2.45, 2.75) is 4.90 Å². The molecule has 0 spiro atoms. The molecule has 0 bridgehead atoms. The van der Waals surface area contributed by atoms with E-state index >= 15 is 0 Å². The summed E-state index contributed by atoms with van der Waals surface area (Å²) < 4.78 is 0.447. The second-order valence-electron chi connectivity index (χ2n) is 1.62. The van der Waals surface area contributed by atoms with E-state index in [1.807, 2.05) is 0 Å². The monoisotopic (exact) mass is 210 g/mol. The lowest BCUT2D eigenvalue weighted by molar-refractivity contribution is 0.114. The summed E-state index contributed by atoms with van der Waals surface area (Å²) in [6, 6.07) is 1.62. The number of aromatic nitrogens is 1. The van der Waals surface area contributed by atoms with Crippen LogP contribution in [0.25, 0.3) is 0 Å². The van der Waals surface area contributed by atoms with Crippen LogP contribution >= 0.6 is 35.3 Å². The van der Waals surface area contributed by atoms with Crippen molar-refractivity contribution in [3.63, 3.8) is 0 Å². The number of hydrogen-bond donors (Lipinski definition) is 1. The standard InChI is InChI=1S/C5H4Cl2N2OS/c6-4-1-2-8-3-5(4)11-9(7)10/h1-3,10H. The predicted molar refractivity (Wildman–Crippen MR) is 44.6 cm³/mol. The fourth-order valence-corrected chi connectivity index (χ4v) is 1.37. The zero-order valence-electron chi connectivity index (χ0n) is 5.24. The second-order valence-corrected chi connectivity index (χ2v) is 3.52. The maximum Gasteiger partial charge on any atom is 0.0635 e. The molecule has 3 nitrogen and oxygen atoms in total. The Morgan fingerprint density at radius 3 is 2.91 bits per heavy atom. The molecular weight excluding hydrogens is 207 g/mol. The van der Waals surface area contributed by atoms with Crippen LogP contribution in [0, 0.1) is 0 Å². The van der Waals surface area contributed by atoms with Gasteiger partial charge in [0.15, 0.2) is 0 Å². The van der Waals surface area contributed by atoms with Gasteiger partial charge in [-0.2, -0.15) is 0 Å². The molecule has 1 heterocycles.